The van der Waals surface area contributed by atoms with E-state index in [1.54, 1.807) is 4.31 Å². The van der Waals surface area contributed by atoms with Gasteiger partial charge in [0.25, 0.3) is 0 Å². The van der Waals surface area contributed by atoms with Gasteiger partial charge in [-0.2, -0.15) is 4.31 Å². The standard InChI is InChI=1S/C21H32N2O2S/c24-26(25,21-12-11-18-7-5-6-8-19(18)17-21)23-15-13-22(14-16-23)20-9-3-1-2-4-10-20/h11-12,17,20H,1-10,13-16H2. The van der Waals surface area contributed by atoms with Gasteiger partial charge in [0.05, 0.1) is 4.90 Å². The first-order valence-corrected chi connectivity index (χ1v) is 11.9. The van der Waals surface area contributed by atoms with Crippen LogP contribution in [-0.4, -0.2) is 49.8 Å². The fourth-order valence-electron chi connectivity index (χ4n) is 4.95. The van der Waals surface area contributed by atoms with E-state index in [9.17, 15) is 8.42 Å². The predicted molar refractivity (Wildman–Crippen MR) is 105 cm³/mol. The molecule has 1 aromatic carbocycles. The minimum Gasteiger partial charge on any atom is -0.298 e. The van der Waals surface area contributed by atoms with Gasteiger partial charge in [0, 0.05) is 32.2 Å². The zero-order valence-corrected chi connectivity index (χ0v) is 16.6. The number of rotatable bonds is 3. The van der Waals surface area contributed by atoms with Crippen molar-refractivity contribution in [3.8, 4) is 0 Å². The highest BCUT2D eigenvalue weighted by Crippen LogP contribution is 2.27. The van der Waals surface area contributed by atoms with Crippen molar-refractivity contribution >= 4 is 10.0 Å². The first kappa shape index (κ1) is 18.5. The highest BCUT2D eigenvalue weighted by atomic mass is 32.2. The Morgan fingerprint density at radius 2 is 1.42 bits per heavy atom. The third-order valence-corrected chi connectivity index (χ3v) is 8.47. The van der Waals surface area contributed by atoms with Gasteiger partial charge in [-0.05, 0) is 61.8 Å². The van der Waals surface area contributed by atoms with Gasteiger partial charge in [-0.25, -0.2) is 8.42 Å². The molecule has 4 nitrogen and oxygen atoms in total. The normalized spacial score (nSPS) is 24.2. The van der Waals surface area contributed by atoms with Crippen molar-refractivity contribution in [1.29, 1.82) is 0 Å². The van der Waals surface area contributed by atoms with E-state index in [4.69, 9.17) is 0 Å². The number of piperazine rings is 1. The third kappa shape index (κ3) is 3.85. The van der Waals surface area contributed by atoms with Gasteiger partial charge in [0.2, 0.25) is 10.0 Å². The van der Waals surface area contributed by atoms with Gasteiger partial charge < -0.3 is 0 Å². The number of benzene rings is 1. The molecular weight excluding hydrogens is 344 g/mol. The summed E-state index contributed by atoms with van der Waals surface area (Å²) >= 11 is 0. The van der Waals surface area contributed by atoms with Crippen molar-refractivity contribution in [3.05, 3.63) is 29.3 Å². The molecule has 144 valence electrons. The van der Waals surface area contributed by atoms with Gasteiger partial charge in [-0.3, -0.25) is 4.90 Å². The van der Waals surface area contributed by atoms with Crippen LogP contribution in [0.3, 0.4) is 0 Å². The van der Waals surface area contributed by atoms with E-state index >= 15 is 0 Å². The van der Waals surface area contributed by atoms with Gasteiger partial charge in [0.1, 0.15) is 0 Å². The smallest absolute Gasteiger partial charge is 0.243 e. The Morgan fingerprint density at radius 3 is 2.12 bits per heavy atom. The zero-order chi connectivity index (χ0) is 18.0. The molecule has 4 rings (SSSR count). The second kappa shape index (κ2) is 7.99. The number of hydrogen-bond acceptors (Lipinski definition) is 3. The maximum atomic E-state index is 13.1. The van der Waals surface area contributed by atoms with Gasteiger partial charge >= 0.3 is 0 Å². The molecule has 0 unspecified atom stereocenters. The SMILES string of the molecule is O=S(=O)(c1ccc2c(c1)CCCC2)N1CCN(C2CCCCCC2)CC1. The Kier molecular flexibility index (Phi) is 5.67. The number of hydrogen-bond donors (Lipinski definition) is 0. The Hall–Kier alpha value is -0.910. The minimum atomic E-state index is -3.35. The maximum absolute atomic E-state index is 13.1. The van der Waals surface area contributed by atoms with Crippen LogP contribution >= 0.6 is 0 Å². The fourth-order valence-corrected chi connectivity index (χ4v) is 6.42. The van der Waals surface area contributed by atoms with Crippen LogP contribution in [0.2, 0.25) is 0 Å². The highest BCUT2D eigenvalue weighted by Gasteiger charge is 2.31. The second-order valence-electron chi connectivity index (χ2n) is 8.22. The van der Waals surface area contributed by atoms with Crippen LogP contribution in [0, 0.1) is 0 Å². The van der Waals surface area contributed by atoms with E-state index in [1.165, 1.54) is 62.5 Å². The summed E-state index contributed by atoms with van der Waals surface area (Å²) < 4.78 is 27.9. The fraction of sp³-hybridized carbons (Fsp3) is 0.714. The minimum absolute atomic E-state index is 0.501. The molecule has 0 aromatic heterocycles. The van der Waals surface area contributed by atoms with Crippen LogP contribution in [0.4, 0.5) is 0 Å². The average Bonchev–Trinajstić information content (AvgIpc) is 2.97. The van der Waals surface area contributed by atoms with Crippen LogP contribution in [0.15, 0.2) is 23.1 Å². The molecule has 0 radical (unpaired) electrons. The molecule has 1 saturated heterocycles. The molecule has 1 saturated carbocycles. The average molecular weight is 377 g/mol. The first-order chi connectivity index (χ1) is 12.6. The lowest BCUT2D eigenvalue weighted by molar-refractivity contribution is 0.126. The number of aryl methyl sites for hydroxylation is 2. The first-order valence-electron chi connectivity index (χ1n) is 10.5. The zero-order valence-electron chi connectivity index (χ0n) is 15.8. The summed E-state index contributed by atoms with van der Waals surface area (Å²) in [6.45, 7) is 3.04. The molecule has 0 spiro atoms. The van der Waals surface area contributed by atoms with Crippen molar-refractivity contribution in [2.45, 2.75) is 75.1 Å². The third-order valence-electron chi connectivity index (χ3n) is 6.57. The van der Waals surface area contributed by atoms with Gasteiger partial charge in [-0.1, -0.05) is 31.7 Å². The molecule has 1 aromatic rings. The number of sulfonamides is 1. The van der Waals surface area contributed by atoms with Crippen molar-refractivity contribution in [2.24, 2.45) is 0 Å². The summed E-state index contributed by atoms with van der Waals surface area (Å²) in [6.07, 6.45) is 12.5. The topological polar surface area (TPSA) is 40.6 Å². The van der Waals surface area contributed by atoms with E-state index < -0.39 is 10.0 Å². The summed E-state index contributed by atoms with van der Waals surface area (Å²) in [5.41, 5.74) is 2.59. The van der Waals surface area contributed by atoms with E-state index in [-0.39, 0.29) is 0 Å². The van der Waals surface area contributed by atoms with Crippen molar-refractivity contribution in [2.75, 3.05) is 26.2 Å². The lowest BCUT2D eigenvalue weighted by Gasteiger charge is -2.38. The Bertz CT molecular complexity index is 716. The van der Waals surface area contributed by atoms with Crippen LogP contribution in [0.1, 0.15) is 62.5 Å². The van der Waals surface area contributed by atoms with Gasteiger partial charge in [-0.15, -0.1) is 0 Å². The molecule has 3 aliphatic rings. The Morgan fingerprint density at radius 1 is 0.769 bits per heavy atom. The lowest BCUT2D eigenvalue weighted by Crippen LogP contribution is -2.51. The molecule has 0 bridgehead atoms. The molecule has 5 heteroatoms. The molecule has 0 N–H and O–H groups in total. The molecule has 0 atom stereocenters. The van der Waals surface area contributed by atoms with Crippen LogP contribution in [-0.2, 0) is 22.9 Å². The Balaban J connectivity index is 1.43. The van der Waals surface area contributed by atoms with E-state index in [1.807, 2.05) is 18.2 Å². The Labute approximate surface area is 158 Å². The molecule has 2 fully saturated rings. The number of fused-ring (bicyclic) bond motifs is 1. The van der Waals surface area contributed by atoms with E-state index in [0.717, 1.165) is 25.9 Å². The van der Waals surface area contributed by atoms with Crippen LogP contribution in [0.5, 0.6) is 0 Å². The lowest BCUT2D eigenvalue weighted by atomic mass is 9.92. The van der Waals surface area contributed by atoms with E-state index in [0.29, 0.717) is 24.0 Å². The van der Waals surface area contributed by atoms with Gasteiger partial charge in [0.15, 0.2) is 0 Å². The summed E-state index contributed by atoms with van der Waals surface area (Å²) in [5.74, 6) is 0. The van der Waals surface area contributed by atoms with Crippen LogP contribution in [0.25, 0.3) is 0 Å². The summed E-state index contributed by atoms with van der Waals surface area (Å²) in [5, 5.41) is 0. The van der Waals surface area contributed by atoms with Crippen LogP contribution < -0.4 is 0 Å². The molecule has 0 amide bonds. The monoisotopic (exact) mass is 376 g/mol. The van der Waals surface area contributed by atoms with Crippen molar-refractivity contribution < 1.29 is 8.42 Å². The molecule has 1 aliphatic heterocycles. The molecular formula is C21H32N2O2S. The quantitative estimate of drug-likeness (QED) is 0.757. The largest absolute Gasteiger partial charge is 0.298 e. The second-order valence-corrected chi connectivity index (χ2v) is 10.2. The summed E-state index contributed by atoms with van der Waals surface area (Å²) in [7, 11) is -3.35. The van der Waals surface area contributed by atoms with Crippen molar-refractivity contribution in [3.63, 3.8) is 0 Å². The molecule has 26 heavy (non-hydrogen) atoms. The highest BCUT2D eigenvalue weighted by molar-refractivity contribution is 7.89. The molecule has 2 aliphatic carbocycles. The van der Waals surface area contributed by atoms with Crippen molar-refractivity contribution in [1.82, 2.24) is 9.21 Å². The summed E-state index contributed by atoms with van der Waals surface area (Å²) in [4.78, 5) is 3.05. The molecule has 1 heterocycles. The predicted octanol–water partition coefficient (Wildman–Crippen LogP) is 3.59. The maximum Gasteiger partial charge on any atom is 0.243 e. The number of nitrogens with zero attached hydrogens (tertiary/aromatic N) is 2. The summed E-state index contributed by atoms with van der Waals surface area (Å²) in [6, 6.07) is 6.49. The van der Waals surface area contributed by atoms with E-state index in [2.05, 4.69) is 4.90 Å².